The summed E-state index contributed by atoms with van der Waals surface area (Å²) in [4.78, 5) is 45.5. The lowest BCUT2D eigenvalue weighted by molar-refractivity contribution is -0.384. The van der Waals surface area contributed by atoms with Gasteiger partial charge in [-0.2, -0.15) is 0 Å². The van der Waals surface area contributed by atoms with Crippen LogP contribution in [0.25, 0.3) is 0 Å². The number of nitrogens with one attached hydrogen (secondary N) is 2. The number of anilines is 1. The van der Waals surface area contributed by atoms with Crippen LogP contribution in [0.5, 0.6) is 5.75 Å². The number of carboxylic acids is 1. The van der Waals surface area contributed by atoms with Gasteiger partial charge in [0.15, 0.2) is 0 Å². The van der Waals surface area contributed by atoms with Gasteiger partial charge in [0.25, 0.3) is 11.6 Å². The second kappa shape index (κ2) is 9.31. The van der Waals surface area contributed by atoms with E-state index in [2.05, 4.69) is 10.6 Å². The Morgan fingerprint density at radius 2 is 1.83 bits per heavy atom. The van der Waals surface area contributed by atoms with Crippen molar-refractivity contribution in [3.63, 3.8) is 0 Å². The van der Waals surface area contributed by atoms with Gasteiger partial charge >= 0.3 is 5.97 Å². The van der Waals surface area contributed by atoms with Gasteiger partial charge in [-0.05, 0) is 30.3 Å². The predicted octanol–water partition coefficient (Wildman–Crippen LogP) is 1.99. The molecule has 3 N–H and O–H groups in total. The number of non-ortho nitro benzene ring substituents is 1. The highest BCUT2D eigenvalue weighted by atomic mass is 16.6. The van der Waals surface area contributed by atoms with Gasteiger partial charge in [0.1, 0.15) is 11.8 Å². The van der Waals surface area contributed by atoms with Gasteiger partial charge < -0.3 is 20.5 Å². The zero-order chi connectivity index (χ0) is 21.6. The van der Waals surface area contributed by atoms with E-state index in [1.807, 2.05) is 0 Å². The molecule has 29 heavy (non-hydrogen) atoms. The van der Waals surface area contributed by atoms with E-state index >= 15 is 0 Å². The molecule has 0 saturated heterocycles. The Morgan fingerprint density at radius 3 is 2.34 bits per heavy atom. The van der Waals surface area contributed by atoms with Crippen LogP contribution in [0.1, 0.15) is 22.8 Å². The van der Waals surface area contributed by atoms with Crippen LogP contribution in [0, 0.1) is 10.1 Å². The van der Waals surface area contributed by atoms with Crippen molar-refractivity contribution in [1.82, 2.24) is 5.32 Å². The van der Waals surface area contributed by atoms with Crippen molar-refractivity contribution < 1.29 is 29.2 Å². The van der Waals surface area contributed by atoms with Crippen molar-refractivity contribution in [3.05, 3.63) is 63.7 Å². The SMILES string of the molecule is COc1ccc([N+](=O)[O-])cc1C[C@@H](NC(=O)c1ccc(NC(C)=O)cc1)C(=O)O. The van der Waals surface area contributed by atoms with Gasteiger partial charge in [-0.25, -0.2) is 4.79 Å². The van der Waals surface area contributed by atoms with Crippen LogP contribution in [0.4, 0.5) is 11.4 Å². The molecule has 0 aromatic heterocycles. The average Bonchev–Trinajstić information content (AvgIpc) is 2.67. The average molecular weight is 401 g/mol. The molecule has 10 nitrogen and oxygen atoms in total. The molecule has 0 saturated carbocycles. The number of ether oxygens (including phenoxy) is 1. The highest BCUT2D eigenvalue weighted by Crippen LogP contribution is 2.25. The molecule has 0 aliphatic heterocycles. The molecule has 0 heterocycles. The lowest BCUT2D eigenvalue weighted by Gasteiger charge is -2.16. The Labute approximate surface area is 165 Å². The Morgan fingerprint density at radius 1 is 1.17 bits per heavy atom. The Balaban J connectivity index is 2.19. The number of carbonyl (C=O) groups excluding carboxylic acids is 2. The minimum absolute atomic E-state index is 0.191. The summed E-state index contributed by atoms with van der Waals surface area (Å²) < 4.78 is 5.13. The number of aliphatic carboxylic acids is 1. The van der Waals surface area contributed by atoms with Crippen molar-refractivity contribution in [1.29, 1.82) is 0 Å². The van der Waals surface area contributed by atoms with E-state index < -0.39 is 22.8 Å². The number of amides is 2. The van der Waals surface area contributed by atoms with Crippen molar-refractivity contribution >= 4 is 29.2 Å². The number of nitrogens with zero attached hydrogens (tertiary/aromatic N) is 1. The smallest absolute Gasteiger partial charge is 0.326 e. The summed E-state index contributed by atoms with van der Waals surface area (Å²) in [5, 5.41) is 25.4. The van der Waals surface area contributed by atoms with E-state index in [-0.39, 0.29) is 34.9 Å². The molecule has 0 unspecified atom stereocenters. The zero-order valence-corrected chi connectivity index (χ0v) is 15.7. The van der Waals surface area contributed by atoms with Gasteiger partial charge in [0.2, 0.25) is 5.91 Å². The monoisotopic (exact) mass is 401 g/mol. The highest BCUT2D eigenvalue weighted by Gasteiger charge is 2.24. The number of hydrogen-bond acceptors (Lipinski definition) is 6. The summed E-state index contributed by atoms with van der Waals surface area (Å²) in [6.45, 7) is 1.35. The standard InChI is InChI=1S/C19H19N3O7/c1-11(23)20-14-5-3-12(4-6-14)18(24)21-16(19(25)26)10-13-9-15(22(27)28)7-8-17(13)29-2/h3-9,16H,10H2,1-2H3,(H,20,23)(H,21,24)(H,25,26)/t16-/m1/s1. The fourth-order valence-electron chi connectivity index (χ4n) is 2.61. The number of benzene rings is 2. The first-order valence-electron chi connectivity index (χ1n) is 8.44. The molecule has 0 radical (unpaired) electrons. The van der Waals surface area contributed by atoms with Gasteiger partial charge in [-0.3, -0.25) is 19.7 Å². The molecule has 2 aromatic rings. The molecule has 0 fully saturated rings. The summed E-state index contributed by atoms with van der Waals surface area (Å²) in [7, 11) is 1.36. The van der Waals surface area contributed by atoms with E-state index in [1.54, 1.807) is 0 Å². The highest BCUT2D eigenvalue weighted by molar-refractivity contribution is 5.97. The number of nitro groups is 1. The first-order valence-corrected chi connectivity index (χ1v) is 8.44. The third-order valence-corrected chi connectivity index (χ3v) is 3.97. The number of nitro benzene ring substituents is 1. The summed E-state index contributed by atoms with van der Waals surface area (Å²) in [5.74, 6) is -1.94. The van der Waals surface area contributed by atoms with Crippen LogP contribution in [-0.2, 0) is 16.0 Å². The zero-order valence-electron chi connectivity index (χ0n) is 15.7. The van der Waals surface area contributed by atoms with Crippen molar-refractivity contribution in [2.45, 2.75) is 19.4 Å². The van der Waals surface area contributed by atoms with Gasteiger partial charge in [0.05, 0.1) is 12.0 Å². The van der Waals surface area contributed by atoms with Crippen LogP contribution in [0.3, 0.4) is 0 Å². The van der Waals surface area contributed by atoms with E-state index in [1.165, 1.54) is 56.5 Å². The van der Waals surface area contributed by atoms with E-state index in [0.717, 1.165) is 0 Å². The van der Waals surface area contributed by atoms with E-state index in [0.29, 0.717) is 5.69 Å². The van der Waals surface area contributed by atoms with Gasteiger partial charge in [-0.1, -0.05) is 0 Å². The maximum Gasteiger partial charge on any atom is 0.326 e. The third kappa shape index (κ3) is 5.76. The van der Waals surface area contributed by atoms with Gasteiger partial charge in [0, 0.05) is 42.3 Å². The van der Waals surface area contributed by atoms with Crippen molar-refractivity contribution in [2.24, 2.45) is 0 Å². The number of methoxy groups -OCH3 is 1. The number of carbonyl (C=O) groups is 3. The second-order valence-corrected chi connectivity index (χ2v) is 6.08. The summed E-state index contributed by atoms with van der Waals surface area (Å²) in [5.41, 5.74) is 0.738. The Kier molecular flexibility index (Phi) is 6.85. The maximum atomic E-state index is 12.4. The summed E-state index contributed by atoms with van der Waals surface area (Å²) in [6, 6.07) is 8.38. The Hall–Kier alpha value is -3.95. The summed E-state index contributed by atoms with van der Waals surface area (Å²) in [6.07, 6.45) is -0.212. The first kappa shape index (κ1) is 21.4. The van der Waals surface area contributed by atoms with E-state index in [9.17, 15) is 29.6 Å². The van der Waals surface area contributed by atoms with E-state index in [4.69, 9.17) is 4.74 Å². The van der Waals surface area contributed by atoms with Crippen molar-refractivity contribution in [2.75, 3.05) is 12.4 Å². The molecule has 10 heteroatoms. The fraction of sp³-hybridized carbons (Fsp3) is 0.211. The molecule has 0 aliphatic carbocycles. The number of hydrogen-bond donors (Lipinski definition) is 3. The predicted molar refractivity (Wildman–Crippen MR) is 103 cm³/mol. The molecule has 1 atom stereocenters. The van der Waals surface area contributed by atoms with Crippen LogP contribution in [-0.4, -0.2) is 41.0 Å². The normalized spacial score (nSPS) is 11.2. The topological polar surface area (TPSA) is 148 Å². The molecule has 2 aromatic carbocycles. The van der Waals surface area contributed by atoms with Crippen LogP contribution < -0.4 is 15.4 Å². The lowest BCUT2D eigenvalue weighted by Crippen LogP contribution is -2.42. The molecule has 0 spiro atoms. The third-order valence-electron chi connectivity index (χ3n) is 3.97. The molecular formula is C19H19N3O7. The summed E-state index contributed by atoms with van der Waals surface area (Å²) >= 11 is 0. The number of rotatable bonds is 8. The van der Waals surface area contributed by atoms with Gasteiger partial charge in [-0.15, -0.1) is 0 Å². The molecule has 152 valence electrons. The van der Waals surface area contributed by atoms with Crippen molar-refractivity contribution in [3.8, 4) is 5.75 Å². The second-order valence-electron chi connectivity index (χ2n) is 6.08. The quantitative estimate of drug-likeness (QED) is 0.452. The Bertz CT molecular complexity index is 941. The molecule has 2 rings (SSSR count). The molecule has 0 bridgehead atoms. The molecule has 0 aliphatic rings. The largest absolute Gasteiger partial charge is 0.496 e. The minimum atomic E-state index is -1.34. The van der Waals surface area contributed by atoms with Crippen LogP contribution >= 0.6 is 0 Å². The molecule has 2 amide bonds. The maximum absolute atomic E-state index is 12.4. The van der Waals surface area contributed by atoms with Crippen LogP contribution in [0.15, 0.2) is 42.5 Å². The lowest BCUT2D eigenvalue weighted by atomic mass is 10.0. The van der Waals surface area contributed by atoms with Crippen LogP contribution in [0.2, 0.25) is 0 Å². The fourth-order valence-corrected chi connectivity index (χ4v) is 2.61. The molecular weight excluding hydrogens is 382 g/mol. The number of carboxylic acid groups (broad SMARTS) is 1. The minimum Gasteiger partial charge on any atom is -0.496 e. The first-order chi connectivity index (χ1) is 13.7.